The van der Waals surface area contributed by atoms with Crippen molar-refractivity contribution in [2.24, 2.45) is 0 Å². The first-order valence-corrected chi connectivity index (χ1v) is 9.67. The lowest BCUT2D eigenvalue weighted by Crippen LogP contribution is -2.60. The summed E-state index contributed by atoms with van der Waals surface area (Å²) in [4.78, 5) is 49.9. The Hall–Kier alpha value is -3.73. The van der Waals surface area contributed by atoms with Crippen molar-refractivity contribution in [2.45, 2.75) is 37.6 Å². The number of rotatable bonds is 2. The van der Waals surface area contributed by atoms with Crippen LogP contribution in [0.1, 0.15) is 62.4 Å². The molecule has 0 spiro atoms. The second-order valence-corrected chi connectivity index (χ2v) is 8.03. The first-order chi connectivity index (χ1) is 15.3. The van der Waals surface area contributed by atoms with Crippen LogP contribution >= 0.6 is 0 Å². The predicted molar refractivity (Wildman–Crippen MR) is 104 cm³/mol. The second-order valence-electron chi connectivity index (χ2n) is 8.03. The van der Waals surface area contributed by atoms with Crippen molar-refractivity contribution in [3.05, 3.63) is 57.6 Å². The van der Waals surface area contributed by atoms with E-state index in [9.17, 15) is 47.7 Å². The van der Waals surface area contributed by atoms with Gasteiger partial charge in [0.15, 0.2) is 17.3 Å². The number of aliphatic hydroxyl groups is 1. The van der Waals surface area contributed by atoms with Gasteiger partial charge in [-0.15, -0.1) is 0 Å². The van der Waals surface area contributed by atoms with Crippen LogP contribution in [0.15, 0.2) is 24.3 Å². The number of nitrogens with one attached hydrogen (secondary N) is 1. The summed E-state index contributed by atoms with van der Waals surface area (Å²) in [5, 5.41) is 34.0. The monoisotopic (exact) mass is 463 g/mol. The van der Waals surface area contributed by atoms with E-state index in [0.29, 0.717) is 0 Å². The molecule has 4 rings (SSSR count). The number of aromatic hydroxyl groups is 2. The molecule has 1 amide bonds. The molecule has 0 aliphatic heterocycles. The number of aliphatic hydroxyl groups excluding tert-OH is 1. The number of hydrogen-bond donors (Lipinski definition) is 4. The van der Waals surface area contributed by atoms with Gasteiger partial charge in [0.25, 0.3) is 0 Å². The van der Waals surface area contributed by atoms with Crippen LogP contribution in [-0.2, 0) is 16.0 Å². The second kappa shape index (κ2) is 7.14. The normalized spacial score (nSPS) is 21.7. The van der Waals surface area contributed by atoms with E-state index in [-0.39, 0.29) is 11.1 Å². The standard InChI is InChI=1S/C22H16F3NO7/c1-8(27)21(26-20(33)22(23,24)25)6-11-13(12(28)7-21)19(32)15-14(18(11)31)16(29)9-4-2-3-5-10(9)17(15)30/h2-5,12,28,31-32H,6-7H2,1H3,(H,26,33)/t12-,21-/m0/s1. The number of carbonyl (C=O) groups excluding carboxylic acids is 4. The van der Waals surface area contributed by atoms with Gasteiger partial charge in [0.05, 0.1) is 17.2 Å². The van der Waals surface area contributed by atoms with E-state index in [0.717, 1.165) is 6.92 Å². The Labute approximate surface area is 183 Å². The summed E-state index contributed by atoms with van der Waals surface area (Å²) >= 11 is 0. The maximum Gasteiger partial charge on any atom is 0.471 e. The fourth-order valence-corrected chi connectivity index (χ4v) is 4.47. The van der Waals surface area contributed by atoms with Crippen LogP contribution in [0.4, 0.5) is 13.2 Å². The summed E-state index contributed by atoms with van der Waals surface area (Å²) in [5.41, 5.74) is -4.34. The van der Waals surface area contributed by atoms with Crippen LogP contribution in [0.3, 0.4) is 0 Å². The van der Waals surface area contributed by atoms with Gasteiger partial charge >= 0.3 is 12.1 Å². The minimum Gasteiger partial charge on any atom is -0.507 e. The van der Waals surface area contributed by atoms with Crippen molar-refractivity contribution in [3.63, 3.8) is 0 Å². The molecule has 0 unspecified atom stereocenters. The largest absolute Gasteiger partial charge is 0.507 e. The van der Waals surface area contributed by atoms with Crippen LogP contribution in [0, 0.1) is 0 Å². The Morgan fingerprint density at radius 2 is 1.55 bits per heavy atom. The third-order valence-corrected chi connectivity index (χ3v) is 6.10. The van der Waals surface area contributed by atoms with Gasteiger partial charge < -0.3 is 20.6 Å². The summed E-state index contributed by atoms with van der Waals surface area (Å²) in [6.45, 7) is 0.897. The number of alkyl halides is 3. The molecule has 2 atom stereocenters. The minimum atomic E-state index is -5.33. The van der Waals surface area contributed by atoms with Crippen molar-refractivity contribution in [1.82, 2.24) is 5.32 Å². The molecule has 4 N–H and O–H groups in total. The minimum absolute atomic E-state index is 0.0366. The number of ketones is 3. The van der Waals surface area contributed by atoms with Crippen LogP contribution < -0.4 is 5.32 Å². The number of halogens is 3. The molecule has 2 aromatic carbocycles. The fourth-order valence-electron chi connectivity index (χ4n) is 4.47. The summed E-state index contributed by atoms with van der Waals surface area (Å²) in [5.74, 6) is -6.70. The third-order valence-electron chi connectivity index (χ3n) is 6.10. The maximum absolute atomic E-state index is 13.0. The Kier molecular flexibility index (Phi) is 4.86. The Bertz CT molecular complexity index is 1270. The van der Waals surface area contributed by atoms with Crippen molar-refractivity contribution >= 4 is 23.3 Å². The zero-order valence-corrected chi connectivity index (χ0v) is 16.9. The Morgan fingerprint density at radius 1 is 1.03 bits per heavy atom. The zero-order valence-electron chi connectivity index (χ0n) is 16.9. The van der Waals surface area contributed by atoms with Crippen molar-refractivity contribution < 1.29 is 47.7 Å². The number of amides is 1. The number of phenolic OH excluding ortho intramolecular Hbond substituents is 2. The molecule has 0 fully saturated rings. The molecule has 0 saturated heterocycles. The third kappa shape index (κ3) is 3.18. The van der Waals surface area contributed by atoms with E-state index in [1.165, 1.54) is 24.3 Å². The molecule has 33 heavy (non-hydrogen) atoms. The van der Waals surface area contributed by atoms with Crippen LogP contribution in [0.5, 0.6) is 11.5 Å². The van der Waals surface area contributed by atoms with E-state index in [1.54, 1.807) is 5.32 Å². The Morgan fingerprint density at radius 3 is 2.03 bits per heavy atom. The van der Waals surface area contributed by atoms with E-state index in [1.807, 2.05) is 0 Å². The average molecular weight is 463 g/mol. The molecule has 8 nitrogen and oxygen atoms in total. The summed E-state index contributed by atoms with van der Waals surface area (Å²) in [7, 11) is 0. The number of phenols is 2. The molecule has 2 aromatic rings. The highest BCUT2D eigenvalue weighted by Crippen LogP contribution is 2.50. The summed E-state index contributed by atoms with van der Waals surface area (Å²) in [6, 6.07) is 5.64. The topological polar surface area (TPSA) is 141 Å². The number of carbonyl (C=O) groups is 4. The number of hydrogen-bond acceptors (Lipinski definition) is 7. The highest BCUT2D eigenvalue weighted by atomic mass is 19.4. The lowest BCUT2D eigenvalue weighted by atomic mass is 9.70. The molecule has 0 saturated carbocycles. The van der Waals surface area contributed by atoms with Gasteiger partial charge in [0.1, 0.15) is 17.0 Å². The first-order valence-electron chi connectivity index (χ1n) is 9.67. The van der Waals surface area contributed by atoms with E-state index >= 15 is 0 Å². The van der Waals surface area contributed by atoms with Gasteiger partial charge in [-0.25, -0.2) is 0 Å². The molecule has 2 aliphatic rings. The highest BCUT2D eigenvalue weighted by Gasteiger charge is 2.51. The number of fused-ring (bicyclic) bond motifs is 3. The molecule has 2 aliphatic carbocycles. The molecule has 0 bridgehead atoms. The van der Waals surface area contributed by atoms with E-state index in [4.69, 9.17) is 0 Å². The van der Waals surface area contributed by atoms with Gasteiger partial charge in [0, 0.05) is 35.1 Å². The Balaban J connectivity index is 1.93. The average Bonchev–Trinajstić information content (AvgIpc) is 2.73. The summed E-state index contributed by atoms with van der Waals surface area (Å²) < 4.78 is 38.6. The van der Waals surface area contributed by atoms with Gasteiger partial charge in [-0.1, -0.05) is 24.3 Å². The predicted octanol–water partition coefficient (Wildman–Crippen LogP) is 1.86. The van der Waals surface area contributed by atoms with Crippen molar-refractivity contribution in [2.75, 3.05) is 0 Å². The molecule has 0 heterocycles. The number of benzene rings is 2. The van der Waals surface area contributed by atoms with Gasteiger partial charge in [-0.2, -0.15) is 13.2 Å². The lowest BCUT2D eigenvalue weighted by Gasteiger charge is -2.40. The maximum atomic E-state index is 13.0. The molecule has 172 valence electrons. The molecule has 0 radical (unpaired) electrons. The zero-order chi connectivity index (χ0) is 24.5. The van der Waals surface area contributed by atoms with E-state index in [2.05, 4.69) is 0 Å². The van der Waals surface area contributed by atoms with Gasteiger partial charge in [-0.3, -0.25) is 19.2 Å². The van der Waals surface area contributed by atoms with Gasteiger partial charge in [-0.05, 0) is 6.92 Å². The smallest absolute Gasteiger partial charge is 0.471 e. The molecular weight excluding hydrogens is 447 g/mol. The summed E-state index contributed by atoms with van der Waals surface area (Å²) in [6.07, 6.45) is -8.70. The van der Waals surface area contributed by atoms with Crippen LogP contribution in [0.2, 0.25) is 0 Å². The highest BCUT2D eigenvalue weighted by molar-refractivity contribution is 6.30. The molecular formula is C22H16F3NO7. The lowest BCUT2D eigenvalue weighted by molar-refractivity contribution is -0.176. The quantitative estimate of drug-likeness (QED) is 0.425. The SMILES string of the molecule is CC(=O)[C@]1(NC(=O)C(F)(F)F)Cc2c(O)c3c(c(O)c2[C@@H](O)C1)C(=O)c1ccccc1C3=O. The van der Waals surface area contributed by atoms with Crippen molar-refractivity contribution in [1.29, 1.82) is 0 Å². The molecule has 0 aromatic heterocycles. The van der Waals surface area contributed by atoms with Gasteiger partial charge in [0.2, 0.25) is 0 Å². The van der Waals surface area contributed by atoms with Crippen LogP contribution in [0.25, 0.3) is 0 Å². The number of Topliss-reactive ketones (excluding diaryl/α,β-unsaturated/α-hetero) is 1. The first kappa shape index (κ1) is 22.5. The van der Waals surface area contributed by atoms with Crippen LogP contribution in [-0.4, -0.2) is 50.3 Å². The van der Waals surface area contributed by atoms with Crippen molar-refractivity contribution in [3.8, 4) is 11.5 Å². The van der Waals surface area contributed by atoms with E-state index < -0.39 is 87.7 Å². The fraction of sp³-hybridized carbons (Fsp3) is 0.273. The molecule has 11 heteroatoms.